The molecule has 1 N–H and O–H groups in total. The fourth-order valence-corrected chi connectivity index (χ4v) is 2.71. The van der Waals surface area contributed by atoms with E-state index in [0.29, 0.717) is 16.7 Å². The van der Waals surface area contributed by atoms with Crippen LogP contribution in [-0.4, -0.2) is 18.0 Å². The normalized spacial score (nSPS) is 11.1. The summed E-state index contributed by atoms with van der Waals surface area (Å²) in [5.74, 6) is 3.81. The van der Waals surface area contributed by atoms with Gasteiger partial charge in [-0.15, -0.1) is 5.54 Å². The van der Waals surface area contributed by atoms with E-state index in [1.165, 1.54) is 0 Å². The molecule has 0 saturated heterocycles. The first-order chi connectivity index (χ1) is 10.9. The van der Waals surface area contributed by atoms with Crippen molar-refractivity contribution >= 4 is 19.0 Å². The van der Waals surface area contributed by atoms with Crippen LogP contribution in [0.1, 0.15) is 5.56 Å². The summed E-state index contributed by atoms with van der Waals surface area (Å²) in [6, 6.07) is 15.2. The van der Waals surface area contributed by atoms with E-state index < -0.39 is 8.07 Å². The van der Waals surface area contributed by atoms with Crippen molar-refractivity contribution in [1.82, 2.24) is 9.97 Å². The summed E-state index contributed by atoms with van der Waals surface area (Å²) < 4.78 is 0. The molecule has 0 aliphatic rings. The number of hydrogen-bond donors (Lipinski definition) is 1. The summed E-state index contributed by atoms with van der Waals surface area (Å²) in [5, 5.41) is 0.605. The van der Waals surface area contributed by atoms with Crippen molar-refractivity contribution < 1.29 is 0 Å². The molecule has 0 aliphatic carbocycles. The molecule has 4 heteroatoms. The highest BCUT2D eigenvalue weighted by Gasteiger charge is 2.08. The van der Waals surface area contributed by atoms with E-state index in [9.17, 15) is 4.79 Å². The molecule has 3 aromatic rings. The number of para-hydroxylation sites is 1. The standard InChI is InChI=1S/C19H18N2OSi/c1-23(2,3)13-12-14-8-10-15(11-9-14)18-20-17-7-5-4-6-16(17)19(22)21-18/h4-11H,1-3H3,(H,20,21,22). The molecule has 0 radical (unpaired) electrons. The zero-order chi connectivity index (χ0) is 16.4. The number of H-pyrrole nitrogens is 1. The van der Waals surface area contributed by atoms with Crippen molar-refractivity contribution in [3.63, 3.8) is 0 Å². The molecule has 0 spiro atoms. The molecule has 0 amide bonds. The lowest BCUT2D eigenvalue weighted by molar-refractivity contribution is 1.18. The van der Waals surface area contributed by atoms with Crippen LogP contribution in [0.5, 0.6) is 0 Å². The Bertz CT molecular complexity index is 970. The Morgan fingerprint density at radius 2 is 1.70 bits per heavy atom. The Morgan fingerprint density at radius 1 is 1.00 bits per heavy atom. The van der Waals surface area contributed by atoms with E-state index in [-0.39, 0.29) is 5.56 Å². The van der Waals surface area contributed by atoms with Gasteiger partial charge in [-0.3, -0.25) is 4.79 Å². The van der Waals surface area contributed by atoms with E-state index in [0.717, 1.165) is 11.1 Å². The van der Waals surface area contributed by atoms with Gasteiger partial charge in [0.2, 0.25) is 0 Å². The molecular formula is C19H18N2OSi. The average Bonchev–Trinajstić information content (AvgIpc) is 2.53. The second-order valence-corrected chi connectivity index (χ2v) is 11.3. The van der Waals surface area contributed by atoms with Gasteiger partial charge in [-0.05, 0) is 24.3 Å². The number of aromatic amines is 1. The van der Waals surface area contributed by atoms with Crippen molar-refractivity contribution in [2.75, 3.05) is 0 Å². The van der Waals surface area contributed by atoms with Gasteiger partial charge in [-0.25, -0.2) is 4.98 Å². The lowest BCUT2D eigenvalue weighted by atomic mass is 10.1. The predicted molar refractivity (Wildman–Crippen MR) is 98.0 cm³/mol. The molecule has 0 saturated carbocycles. The minimum atomic E-state index is -1.38. The number of hydrogen-bond acceptors (Lipinski definition) is 2. The summed E-state index contributed by atoms with van der Waals surface area (Å²) in [6.45, 7) is 6.66. The Balaban J connectivity index is 1.99. The van der Waals surface area contributed by atoms with Crippen LogP contribution in [0.3, 0.4) is 0 Å². The van der Waals surface area contributed by atoms with Crippen molar-refractivity contribution in [2.24, 2.45) is 0 Å². The minimum Gasteiger partial charge on any atom is -0.306 e. The Labute approximate surface area is 136 Å². The van der Waals surface area contributed by atoms with Crippen molar-refractivity contribution in [1.29, 1.82) is 0 Å². The monoisotopic (exact) mass is 318 g/mol. The third kappa shape index (κ3) is 3.58. The third-order valence-corrected chi connectivity index (χ3v) is 4.23. The van der Waals surface area contributed by atoms with Crippen LogP contribution in [0.4, 0.5) is 0 Å². The van der Waals surface area contributed by atoms with Gasteiger partial charge in [0.05, 0.1) is 10.9 Å². The van der Waals surface area contributed by atoms with Crippen molar-refractivity contribution in [3.8, 4) is 22.9 Å². The Hall–Kier alpha value is -2.64. The molecule has 3 nitrogen and oxygen atoms in total. The maximum Gasteiger partial charge on any atom is 0.259 e. The lowest BCUT2D eigenvalue weighted by Gasteiger charge is -2.04. The van der Waals surface area contributed by atoms with E-state index in [4.69, 9.17) is 0 Å². The second-order valence-electron chi connectivity index (χ2n) is 6.51. The summed E-state index contributed by atoms with van der Waals surface area (Å²) in [5.41, 5.74) is 5.80. The van der Waals surface area contributed by atoms with Crippen LogP contribution >= 0.6 is 0 Å². The SMILES string of the molecule is C[Si](C)(C)C#Cc1ccc(-c2nc3ccccc3c(=O)[nH]2)cc1. The van der Waals surface area contributed by atoms with E-state index in [2.05, 4.69) is 41.1 Å². The van der Waals surface area contributed by atoms with Crippen LogP contribution in [-0.2, 0) is 0 Å². The molecule has 0 unspecified atom stereocenters. The van der Waals surface area contributed by atoms with E-state index in [1.807, 2.05) is 42.5 Å². The maximum absolute atomic E-state index is 12.1. The van der Waals surface area contributed by atoms with Gasteiger partial charge in [0, 0.05) is 11.1 Å². The summed E-state index contributed by atoms with van der Waals surface area (Å²) in [7, 11) is -1.38. The third-order valence-electron chi connectivity index (χ3n) is 3.35. The maximum atomic E-state index is 12.1. The van der Waals surface area contributed by atoms with Crippen LogP contribution < -0.4 is 5.56 Å². The van der Waals surface area contributed by atoms with Gasteiger partial charge >= 0.3 is 0 Å². The second kappa shape index (κ2) is 5.86. The molecule has 114 valence electrons. The number of nitrogens with one attached hydrogen (secondary N) is 1. The molecule has 0 aliphatic heterocycles. The van der Waals surface area contributed by atoms with Crippen molar-refractivity contribution in [3.05, 3.63) is 64.4 Å². The molecular weight excluding hydrogens is 300 g/mol. The van der Waals surface area contributed by atoms with Gasteiger partial charge in [-0.2, -0.15) is 0 Å². The summed E-state index contributed by atoms with van der Waals surface area (Å²) >= 11 is 0. The first-order valence-electron chi connectivity index (χ1n) is 7.55. The highest BCUT2D eigenvalue weighted by Crippen LogP contribution is 2.16. The molecule has 0 bridgehead atoms. The fraction of sp³-hybridized carbons (Fsp3) is 0.158. The average molecular weight is 318 g/mol. The van der Waals surface area contributed by atoms with Gasteiger partial charge in [0.1, 0.15) is 13.9 Å². The lowest BCUT2D eigenvalue weighted by Crippen LogP contribution is -2.16. The molecule has 2 aromatic carbocycles. The van der Waals surface area contributed by atoms with Gasteiger partial charge < -0.3 is 4.98 Å². The fourth-order valence-electron chi connectivity index (χ4n) is 2.19. The van der Waals surface area contributed by atoms with E-state index in [1.54, 1.807) is 6.07 Å². The molecule has 0 atom stereocenters. The highest BCUT2D eigenvalue weighted by atomic mass is 28.3. The first kappa shape index (κ1) is 15.3. The van der Waals surface area contributed by atoms with Gasteiger partial charge in [-0.1, -0.05) is 49.8 Å². The molecule has 23 heavy (non-hydrogen) atoms. The number of aromatic nitrogens is 2. The van der Waals surface area contributed by atoms with Gasteiger partial charge in [0.25, 0.3) is 5.56 Å². The van der Waals surface area contributed by atoms with Crippen molar-refractivity contribution in [2.45, 2.75) is 19.6 Å². The smallest absolute Gasteiger partial charge is 0.259 e. The van der Waals surface area contributed by atoms with Gasteiger partial charge in [0.15, 0.2) is 0 Å². The largest absolute Gasteiger partial charge is 0.306 e. The highest BCUT2D eigenvalue weighted by molar-refractivity contribution is 6.83. The van der Waals surface area contributed by atoms with E-state index >= 15 is 0 Å². The Morgan fingerprint density at radius 3 is 2.39 bits per heavy atom. The first-order valence-corrected chi connectivity index (χ1v) is 11.1. The molecule has 1 aromatic heterocycles. The predicted octanol–water partition coefficient (Wildman–Crippen LogP) is 3.82. The summed E-state index contributed by atoms with van der Waals surface area (Å²) in [6.07, 6.45) is 0. The molecule has 0 fully saturated rings. The summed E-state index contributed by atoms with van der Waals surface area (Å²) in [4.78, 5) is 19.5. The van der Waals surface area contributed by atoms with Crippen LogP contribution in [0.2, 0.25) is 19.6 Å². The minimum absolute atomic E-state index is 0.117. The number of benzene rings is 2. The van der Waals surface area contributed by atoms with Crippen LogP contribution in [0.15, 0.2) is 53.3 Å². The number of nitrogens with zero attached hydrogens (tertiary/aromatic N) is 1. The molecule has 1 heterocycles. The molecule has 3 rings (SSSR count). The quantitative estimate of drug-likeness (QED) is 0.547. The Kier molecular flexibility index (Phi) is 3.89. The zero-order valence-corrected chi connectivity index (χ0v) is 14.5. The van der Waals surface area contributed by atoms with Crippen LogP contribution in [0, 0.1) is 11.5 Å². The number of rotatable bonds is 1. The topological polar surface area (TPSA) is 45.8 Å². The number of fused-ring (bicyclic) bond motifs is 1. The van der Waals surface area contributed by atoms with Crippen LogP contribution in [0.25, 0.3) is 22.3 Å². The zero-order valence-electron chi connectivity index (χ0n) is 13.5.